The third kappa shape index (κ3) is 3.32. The van der Waals surface area contributed by atoms with Crippen LogP contribution in [0.25, 0.3) is 0 Å². The molecule has 0 radical (unpaired) electrons. The molecule has 1 saturated heterocycles. The van der Waals surface area contributed by atoms with E-state index in [-0.39, 0.29) is 6.29 Å². The fourth-order valence-corrected chi connectivity index (χ4v) is 1.34. The number of ether oxygens (including phenoxy) is 2. The summed E-state index contributed by atoms with van der Waals surface area (Å²) in [5.74, 6) is 0.512. The van der Waals surface area contributed by atoms with Crippen molar-refractivity contribution in [3.8, 4) is 0 Å². The lowest BCUT2D eigenvalue weighted by Crippen LogP contribution is -2.12. The monoisotopic (exact) mass is 172 g/mol. The summed E-state index contributed by atoms with van der Waals surface area (Å²) in [5.41, 5.74) is 0. The van der Waals surface area contributed by atoms with E-state index in [2.05, 4.69) is 6.92 Å². The molecule has 1 aliphatic heterocycles. The van der Waals surface area contributed by atoms with Crippen LogP contribution in [0.5, 0.6) is 0 Å². The van der Waals surface area contributed by atoms with Crippen LogP contribution in [0.15, 0.2) is 0 Å². The topological polar surface area (TPSA) is 35.5 Å². The first-order valence-electron chi connectivity index (χ1n) is 4.49. The molecule has 0 aromatic heterocycles. The summed E-state index contributed by atoms with van der Waals surface area (Å²) in [5, 5.41) is 0. The Hall–Kier alpha value is -0.410. The third-order valence-electron chi connectivity index (χ3n) is 2.06. The molecule has 1 fully saturated rings. The lowest BCUT2D eigenvalue weighted by molar-refractivity contribution is -0.108. The molecule has 0 saturated carbocycles. The van der Waals surface area contributed by atoms with Crippen molar-refractivity contribution in [3.05, 3.63) is 0 Å². The van der Waals surface area contributed by atoms with Crippen LogP contribution in [-0.4, -0.2) is 25.8 Å². The van der Waals surface area contributed by atoms with E-state index in [0.717, 1.165) is 19.1 Å². The predicted molar refractivity (Wildman–Crippen MR) is 44.8 cm³/mol. The number of hydrogen-bond acceptors (Lipinski definition) is 3. The van der Waals surface area contributed by atoms with Crippen LogP contribution in [0.1, 0.15) is 26.2 Å². The van der Waals surface area contributed by atoms with Crippen molar-refractivity contribution in [1.29, 1.82) is 0 Å². The summed E-state index contributed by atoms with van der Waals surface area (Å²) in [6.45, 7) is 3.55. The van der Waals surface area contributed by atoms with E-state index in [9.17, 15) is 4.79 Å². The summed E-state index contributed by atoms with van der Waals surface area (Å²) in [4.78, 5) is 10.1. The highest BCUT2D eigenvalue weighted by molar-refractivity contribution is 5.49. The van der Waals surface area contributed by atoms with E-state index in [1.807, 2.05) is 0 Å². The normalized spacial score (nSPS) is 21.1. The molecule has 0 aromatic rings. The number of carbonyl (C=O) groups excluding carboxylic acids is 1. The standard InChI is InChI=1S/C9H16O3/c1-8(3-2-4-10)7-9-11-5-6-12-9/h4,8-9H,2-3,5-7H2,1H3/t8-/m1/s1. The maximum absolute atomic E-state index is 10.1. The van der Waals surface area contributed by atoms with Gasteiger partial charge in [-0.15, -0.1) is 0 Å². The van der Waals surface area contributed by atoms with E-state index in [4.69, 9.17) is 9.47 Å². The summed E-state index contributed by atoms with van der Waals surface area (Å²) in [7, 11) is 0. The summed E-state index contributed by atoms with van der Waals surface area (Å²) in [6.07, 6.45) is 3.44. The summed E-state index contributed by atoms with van der Waals surface area (Å²) in [6, 6.07) is 0. The summed E-state index contributed by atoms with van der Waals surface area (Å²) >= 11 is 0. The van der Waals surface area contributed by atoms with Crippen LogP contribution >= 0.6 is 0 Å². The van der Waals surface area contributed by atoms with Crippen LogP contribution in [0.4, 0.5) is 0 Å². The fourth-order valence-electron chi connectivity index (χ4n) is 1.34. The van der Waals surface area contributed by atoms with Gasteiger partial charge in [0.25, 0.3) is 0 Å². The van der Waals surface area contributed by atoms with Gasteiger partial charge in [-0.2, -0.15) is 0 Å². The molecule has 1 heterocycles. The van der Waals surface area contributed by atoms with E-state index >= 15 is 0 Å². The molecule has 0 unspecified atom stereocenters. The maximum Gasteiger partial charge on any atom is 0.158 e. The van der Waals surface area contributed by atoms with E-state index < -0.39 is 0 Å². The Morgan fingerprint density at radius 2 is 2.17 bits per heavy atom. The van der Waals surface area contributed by atoms with Crippen LogP contribution in [-0.2, 0) is 14.3 Å². The number of hydrogen-bond donors (Lipinski definition) is 0. The van der Waals surface area contributed by atoms with Gasteiger partial charge >= 0.3 is 0 Å². The van der Waals surface area contributed by atoms with Gasteiger partial charge in [0.15, 0.2) is 6.29 Å². The molecule has 1 atom stereocenters. The quantitative estimate of drug-likeness (QED) is 0.587. The molecule has 0 bridgehead atoms. The largest absolute Gasteiger partial charge is 0.350 e. The zero-order valence-electron chi connectivity index (χ0n) is 7.49. The van der Waals surface area contributed by atoms with Crippen molar-refractivity contribution < 1.29 is 14.3 Å². The van der Waals surface area contributed by atoms with Crippen molar-refractivity contribution in [2.75, 3.05) is 13.2 Å². The van der Waals surface area contributed by atoms with Gasteiger partial charge in [-0.1, -0.05) is 6.92 Å². The highest BCUT2D eigenvalue weighted by Crippen LogP contribution is 2.17. The first-order chi connectivity index (χ1) is 5.83. The van der Waals surface area contributed by atoms with Crippen molar-refractivity contribution in [2.24, 2.45) is 5.92 Å². The molecule has 0 N–H and O–H groups in total. The first-order valence-corrected chi connectivity index (χ1v) is 4.49. The Kier molecular flexibility index (Phi) is 4.25. The van der Waals surface area contributed by atoms with E-state index in [1.165, 1.54) is 0 Å². The average Bonchev–Trinajstić information content (AvgIpc) is 2.53. The van der Waals surface area contributed by atoms with Crippen molar-refractivity contribution in [3.63, 3.8) is 0 Å². The zero-order chi connectivity index (χ0) is 8.81. The zero-order valence-corrected chi connectivity index (χ0v) is 7.49. The highest BCUT2D eigenvalue weighted by Gasteiger charge is 2.18. The predicted octanol–water partition coefficient (Wildman–Crippen LogP) is 1.36. The van der Waals surface area contributed by atoms with Crippen LogP contribution in [0, 0.1) is 5.92 Å². The Bertz CT molecular complexity index is 130. The summed E-state index contributed by atoms with van der Waals surface area (Å²) < 4.78 is 10.6. The molecule has 0 amide bonds. The third-order valence-corrected chi connectivity index (χ3v) is 2.06. The second-order valence-corrected chi connectivity index (χ2v) is 3.26. The van der Waals surface area contributed by atoms with Crippen molar-refractivity contribution in [2.45, 2.75) is 32.5 Å². The maximum atomic E-state index is 10.1. The minimum Gasteiger partial charge on any atom is -0.350 e. The minimum absolute atomic E-state index is 0.0216. The second kappa shape index (κ2) is 5.27. The number of rotatable bonds is 5. The molecule has 1 rings (SSSR count). The molecule has 0 spiro atoms. The average molecular weight is 172 g/mol. The van der Waals surface area contributed by atoms with E-state index in [1.54, 1.807) is 0 Å². The van der Waals surface area contributed by atoms with Gasteiger partial charge in [-0.25, -0.2) is 0 Å². The minimum atomic E-state index is -0.0216. The van der Waals surface area contributed by atoms with Crippen molar-refractivity contribution >= 4 is 6.29 Å². The van der Waals surface area contributed by atoms with Crippen LogP contribution in [0.3, 0.4) is 0 Å². The molecule has 0 aromatic carbocycles. The van der Waals surface area contributed by atoms with Crippen LogP contribution < -0.4 is 0 Å². The molecule has 70 valence electrons. The Morgan fingerprint density at radius 3 is 2.75 bits per heavy atom. The van der Waals surface area contributed by atoms with E-state index in [0.29, 0.717) is 25.6 Å². The van der Waals surface area contributed by atoms with Gasteiger partial charge in [-0.05, 0) is 12.3 Å². The van der Waals surface area contributed by atoms with Crippen LogP contribution in [0.2, 0.25) is 0 Å². The molecule has 1 aliphatic rings. The molecular formula is C9H16O3. The van der Waals surface area contributed by atoms with Gasteiger partial charge < -0.3 is 14.3 Å². The van der Waals surface area contributed by atoms with Gasteiger partial charge in [0, 0.05) is 12.8 Å². The Labute approximate surface area is 73.0 Å². The van der Waals surface area contributed by atoms with Gasteiger partial charge in [0.05, 0.1) is 13.2 Å². The SMILES string of the molecule is C[C@H](CCC=O)CC1OCCO1. The van der Waals surface area contributed by atoms with Gasteiger partial charge in [-0.3, -0.25) is 0 Å². The fraction of sp³-hybridized carbons (Fsp3) is 0.889. The smallest absolute Gasteiger partial charge is 0.158 e. The highest BCUT2D eigenvalue weighted by atomic mass is 16.7. The molecule has 3 heteroatoms. The number of carbonyl (C=O) groups is 1. The lowest BCUT2D eigenvalue weighted by atomic mass is 10.0. The van der Waals surface area contributed by atoms with Gasteiger partial charge in [0.2, 0.25) is 0 Å². The Morgan fingerprint density at radius 1 is 1.50 bits per heavy atom. The van der Waals surface area contributed by atoms with Crippen molar-refractivity contribution in [1.82, 2.24) is 0 Å². The molecule has 0 aliphatic carbocycles. The molecular weight excluding hydrogens is 156 g/mol. The number of aldehydes is 1. The Balaban J connectivity index is 2.07. The first kappa shape index (κ1) is 9.68. The molecule has 3 nitrogen and oxygen atoms in total. The molecule has 12 heavy (non-hydrogen) atoms. The van der Waals surface area contributed by atoms with Gasteiger partial charge in [0.1, 0.15) is 6.29 Å². The second-order valence-electron chi connectivity index (χ2n) is 3.26. The lowest BCUT2D eigenvalue weighted by Gasteiger charge is -2.13.